The summed E-state index contributed by atoms with van der Waals surface area (Å²) in [5.41, 5.74) is 6.11. The van der Waals surface area contributed by atoms with Crippen LogP contribution in [-0.2, 0) is 13.0 Å². The maximum Gasteiger partial charge on any atom is 0.287 e. The lowest BCUT2D eigenvalue weighted by Crippen LogP contribution is -2.30. The molecule has 1 aliphatic rings. The summed E-state index contributed by atoms with van der Waals surface area (Å²) in [6.07, 6.45) is 2.21. The van der Waals surface area contributed by atoms with Gasteiger partial charge < -0.3 is 9.42 Å². The number of benzene rings is 1. The molecule has 6 nitrogen and oxygen atoms in total. The Labute approximate surface area is 122 Å². The Bertz CT molecular complexity index is 665. The summed E-state index contributed by atoms with van der Waals surface area (Å²) in [7, 11) is 0. The Hall–Kier alpha value is -2.34. The van der Waals surface area contributed by atoms with E-state index in [9.17, 15) is 4.79 Å². The van der Waals surface area contributed by atoms with Crippen LogP contribution in [0.2, 0.25) is 0 Å². The maximum atomic E-state index is 11.4. The Morgan fingerprint density at radius 3 is 3.14 bits per heavy atom. The van der Waals surface area contributed by atoms with E-state index in [0.29, 0.717) is 12.3 Å². The van der Waals surface area contributed by atoms with Crippen molar-refractivity contribution in [1.82, 2.24) is 10.6 Å². The monoisotopic (exact) mass is 286 g/mol. The minimum Gasteiger partial charge on any atom is -0.364 e. The minimum absolute atomic E-state index is 0.202. The molecule has 0 saturated heterocycles. The Morgan fingerprint density at radius 2 is 2.33 bits per heavy atom. The van der Waals surface area contributed by atoms with E-state index >= 15 is 0 Å². The van der Waals surface area contributed by atoms with Crippen LogP contribution in [-0.4, -0.2) is 17.6 Å². The van der Waals surface area contributed by atoms with Crippen molar-refractivity contribution >= 4 is 11.6 Å². The van der Waals surface area contributed by atoms with Crippen LogP contribution in [0.5, 0.6) is 0 Å². The summed E-state index contributed by atoms with van der Waals surface area (Å²) in [4.78, 5) is 13.6. The number of fused-ring (bicyclic) bond motifs is 1. The van der Waals surface area contributed by atoms with Crippen LogP contribution in [0.1, 0.15) is 33.8 Å². The zero-order valence-corrected chi connectivity index (χ0v) is 11.9. The number of hydrogen-bond acceptors (Lipinski definition) is 5. The van der Waals surface area contributed by atoms with Crippen molar-refractivity contribution in [1.29, 1.82) is 0 Å². The molecule has 0 aliphatic carbocycles. The summed E-state index contributed by atoms with van der Waals surface area (Å²) < 4.78 is 5.22. The fourth-order valence-electron chi connectivity index (χ4n) is 2.72. The van der Waals surface area contributed by atoms with E-state index in [-0.39, 0.29) is 5.69 Å². The lowest BCUT2D eigenvalue weighted by Gasteiger charge is -2.30. The Balaban J connectivity index is 1.80. The van der Waals surface area contributed by atoms with Gasteiger partial charge in [0.25, 0.3) is 5.91 Å². The molecule has 0 bridgehead atoms. The minimum atomic E-state index is -0.445. The van der Waals surface area contributed by atoms with Crippen LogP contribution in [0.15, 0.2) is 28.8 Å². The first-order valence-electron chi connectivity index (χ1n) is 6.98. The number of carbonyl (C=O) groups excluding carboxylic acids is 1. The zero-order chi connectivity index (χ0) is 14.8. The molecular weight excluding hydrogens is 268 g/mol. The number of aryl methyl sites for hydroxylation is 2. The number of nitrogens with two attached hydrogens (primary N) is 1. The molecule has 110 valence electrons. The molecule has 1 amide bonds. The highest BCUT2D eigenvalue weighted by Gasteiger charge is 2.19. The molecule has 21 heavy (non-hydrogen) atoms. The van der Waals surface area contributed by atoms with Crippen LogP contribution in [0.4, 0.5) is 5.69 Å². The lowest BCUT2D eigenvalue weighted by molar-refractivity contribution is 0.0944. The van der Waals surface area contributed by atoms with Crippen molar-refractivity contribution in [2.24, 2.45) is 5.84 Å². The number of hydrogen-bond donors (Lipinski definition) is 2. The van der Waals surface area contributed by atoms with Crippen LogP contribution < -0.4 is 16.2 Å². The molecule has 3 N–H and O–H groups in total. The van der Waals surface area contributed by atoms with E-state index < -0.39 is 5.91 Å². The highest BCUT2D eigenvalue weighted by Crippen LogP contribution is 2.29. The van der Waals surface area contributed by atoms with Gasteiger partial charge in [-0.05, 0) is 31.4 Å². The molecule has 0 unspecified atom stereocenters. The molecule has 0 saturated carbocycles. The molecular formula is C15H18N4O2. The molecule has 0 radical (unpaired) electrons. The first kappa shape index (κ1) is 13.6. The van der Waals surface area contributed by atoms with Gasteiger partial charge in [-0.25, -0.2) is 5.84 Å². The number of nitrogen functional groups attached to an aromatic ring is 1. The van der Waals surface area contributed by atoms with Gasteiger partial charge in [0.05, 0.1) is 6.54 Å². The predicted molar refractivity (Wildman–Crippen MR) is 78.7 cm³/mol. The van der Waals surface area contributed by atoms with E-state index in [0.717, 1.165) is 19.4 Å². The van der Waals surface area contributed by atoms with E-state index in [4.69, 9.17) is 10.4 Å². The quantitative estimate of drug-likeness (QED) is 0.508. The Morgan fingerprint density at radius 1 is 1.48 bits per heavy atom. The van der Waals surface area contributed by atoms with E-state index in [1.165, 1.54) is 16.8 Å². The highest BCUT2D eigenvalue weighted by molar-refractivity contribution is 5.91. The maximum absolute atomic E-state index is 11.4. The molecule has 1 aromatic heterocycles. The first-order chi connectivity index (χ1) is 10.2. The van der Waals surface area contributed by atoms with Crippen LogP contribution >= 0.6 is 0 Å². The third-order valence-electron chi connectivity index (χ3n) is 3.72. The number of nitrogens with one attached hydrogen (secondary N) is 1. The summed E-state index contributed by atoms with van der Waals surface area (Å²) >= 11 is 0. The van der Waals surface area contributed by atoms with Gasteiger partial charge in [0, 0.05) is 18.3 Å². The van der Waals surface area contributed by atoms with E-state index in [2.05, 4.69) is 35.2 Å². The smallest absolute Gasteiger partial charge is 0.287 e. The lowest BCUT2D eigenvalue weighted by atomic mass is 9.99. The summed E-state index contributed by atoms with van der Waals surface area (Å²) in [5.74, 6) is 5.29. The van der Waals surface area contributed by atoms with Gasteiger partial charge in [-0.3, -0.25) is 10.2 Å². The van der Waals surface area contributed by atoms with Crippen molar-refractivity contribution < 1.29 is 9.32 Å². The van der Waals surface area contributed by atoms with Gasteiger partial charge in [-0.15, -0.1) is 0 Å². The Kier molecular flexibility index (Phi) is 3.62. The predicted octanol–water partition coefficient (Wildman–Crippen LogP) is 1.54. The van der Waals surface area contributed by atoms with E-state index in [1.54, 1.807) is 6.07 Å². The van der Waals surface area contributed by atoms with Crippen LogP contribution in [0.25, 0.3) is 0 Å². The van der Waals surface area contributed by atoms with Gasteiger partial charge in [-0.1, -0.05) is 22.9 Å². The molecule has 0 atom stereocenters. The van der Waals surface area contributed by atoms with Crippen molar-refractivity contribution in [3.8, 4) is 0 Å². The van der Waals surface area contributed by atoms with Gasteiger partial charge in [0.2, 0.25) is 0 Å². The number of carbonyl (C=O) groups is 1. The first-order valence-corrected chi connectivity index (χ1v) is 6.98. The normalized spacial score (nSPS) is 13.9. The second-order valence-electron chi connectivity index (χ2n) is 5.31. The molecule has 1 aliphatic heterocycles. The van der Waals surface area contributed by atoms with Crippen LogP contribution in [0.3, 0.4) is 0 Å². The van der Waals surface area contributed by atoms with Gasteiger partial charge in [-0.2, -0.15) is 0 Å². The number of rotatable bonds is 3. The highest BCUT2D eigenvalue weighted by atomic mass is 16.5. The van der Waals surface area contributed by atoms with Crippen molar-refractivity contribution in [3.63, 3.8) is 0 Å². The standard InChI is InChI=1S/C15H18N4O2/c1-10-4-5-14-11(7-10)3-2-6-19(14)9-12-8-13(18-21-12)15(20)17-16/h4-5,7-8H,2-3,6,9,16H2,1H3,(H,17,20). The number of aromatic nitrogens is 1. The molecule has 0 spiro atoms. The summed E-state index contributed by atoms with van der Waals surface area (Å²) in [5, 5.41) is 3.73. The number of nitrogens with zero attached hydrogens (tertiary/aromatic N) is 2. The topological polar surface area (TPSA) is 84.4 Å². The molecule has 2 aromatic rings. The van der Waals surface area contributed by atoms with Crippen molar-refractivity contribution in [2.75, 3.05) is 11.4 Å². The molecule has 2 heterocycles. The zero-order valence-electron chi connectivity index (χ0n) is 11.9. The number of anilines is 1. The SMILES string of the molecule is Cc1ccc2c(c1)CCCN2Cc1cc(C(=O)NN)no1. The second-order valence-corrected chi connectivity index (χ2v) is 5.31. The third-order valence-corrected chi connectivity index (χ3v) is 3.72. The van der Waals surface area contributed by atoms with Crippen molar-refractivity contribution in [2.45, 2.75) is 26.3 Å². The molecule has 3 rings (SSSR count). The van der Waals surface area contributed by atoms with Crippen molar-refractivity contribution in [3.05, 3.63) is 46.8 Å². The fraction of sp³-hybridized carbons (Fsp3) is 0.333. The average molecular weight is 286 g/mol. The average Bonchev–Trinajstić information content (AvgIpc) is 2.95. The molecule has 0 fully saturated rings. The van der Waals surface area contributed by atoms with Gasteiger partial charge >= 0.3 is 0 Å². The molecule has 1 aromatic carbocycles. The summed E-state index contributed by atoms with van der Waals surface area (Å²) in [6.45, 7) is 3.67. The van der Waals surface area contributed by atoms with Gasteiger partial charge in [0.1, 0.15) is 0 Å². The third kappa shape index (κ3) is 2.75. The van der Waals surface area contributed by atoms with E-state index in [1.807, 2.05) is 5.43 Å². The largest absolute Gasteiger partial charge is 0.364 e. The molecule has 6 heteroatoms. The van der Waals surface area contributed by atoms with Crippen LogP contribution in [0, 0.1) is 6.92 Å². The fourth-order valence-corrected chi connectivity index (χ4v) is 2.72. The second kappa shape index (κ2) is 5.57. The van der Waals surface area contributed by atoms with Gasteiger partial charge in [0.15, 0.2) is 11.5 Å². The number of hydrazine groups is 1. The number of amides is 1. The summed E-state index contributed by atoms with van der Waals surface area (Å²) in [6, 6.07) is 8.12.